The zero-order valence-corrected chi connectivity index (χ0v) is 17.1. The summed E-state index contributed by atoms with van der Waals surface area (Å²) in [7, 11) is -2.18. The number of nitriles is 1. The van der Waals surface area contributed by atoms with E-state index in [0.29, 0.717) is 16.9 Å². The summed E-state index contributed by atoms with van der Waals surface area (Å²) in [6.07, 6.45) is 4.98. The van der Waals surface area contributed by atoms with E-state index in [1.165, 1.54) is 17.7 Å². The normalized spacial score (nSPS) is 16.4. The molecule has 4 heterocycles. The highest BCUT2D eigenvalue weighted by atomic mass is 32.2. The lowest BCUT2D eigenvalue weighted by atomic mass is 9.89. The Balaban J connectivity index is 1.62. The van der Waals surface area contributed by atoms with E-state index in [2.05, 4.69) is 30.8 Å². The number of nitrogens with one attached hydrogen (secondary N) is 2. The van der Waals surface area contributed by atoms with Gasteiger partial charge in [0, 0.05) is 44.5 Å². The molecule has 0 atom stereocenters. The van der Waals surface area contributed by atoms with Crippen molar-refractivity contribution in [2.45, 2.75) is 12.0 Å². The fourth-order valence-electron chi connectivity index (χ4n) is 3.53. The number of aromatic nitrogens is 5. The van der Waals surface area contributed by atoms with Crippen LogP contribution in [-0.2, 0) is 20.5 Å². The molecular weight excluding hydrogens is 410 g/mol. The molecule has 0 unspecified atom stereocenters. The van der Waals surface area contributed by atoms with Crippen LogP contribution < -0.4 is 10.5 Å². The molecule has 30 heavy (non-hydrogen) atoms. The quantitative estimate of drug-likeness (QED) is 0.412. The molecule has 12 nitrogen and oxygen atoms in total. The van der Waals surface area contributed by atoms with Gasteiger partial charge in [-0.25, -0.2) is 9.97 Å². The number of rotatable bonds is 8. The topological polar surface area (TPSA) is 168 Å². The molecule has 0 aromatic carbocycles. The molecule has 158 valence electrons. The van der Waals surface area contributed by atoms with E-state index < -0.39 is 15.7 Å². The molecule has 4 rings (SSSR count). The summed E-state index contributed by atoms with van der Waals surface area (Å²) in [4.78, 5) is 11.5. The SMILES string of the molecule is COCCNS(=O)(=O)N1CC(CC#N)(n2cc(-c3ncnc4[nH]ccc34)c(N)n2)C1. The minimum atomic E-state index is -3.67. The molecule has 3 aromatic heterocycles. The Hall–Kier alpha value is -3.05. The number of hydrogen-bond acceptors (Lipinski definition) is 8. The molecule has 0 radical (unpaired) electrons. The van der Waals surface area contributed by atoms with E-state index in [-0.39, 0.29) is 38.5 Å². The van der Waals surface area contributed by atoms with E-state index in [0.717, 1.165) is 5.39 Å². The van der Waals surface area contributed by atoms with Gasteiger partial charge in [-0.15, -0.1) is 0 Å². The Morgan fingerprint density at radius 2 is 2.23 bits per heavy atom. The van der Waals surface area contributed by atoms with E-state index >= 15 is 0 Å². The van der Waals surface area contributed by atoms with Crippen molar-refractivity contribution in [3.05, 3.63) is 24.8 Å². The molecule has 0 saturated carbocycles. The number of aromatic amines is 1. The molecule has 1 aliphatic rings. The van der Waals surface area contributed by atoms with Gasteiger partial charge in [-0.2, -0.15) is 27.8 Å². The van der Waals surface area contributed by atoms with E-state index in [1.54, 1.807) is 17.1 Å². The maximum Gasteiger partial charge on any atom is 0.279 e. The van der Waals surface area contributed by atoms with Crippen molar-refractivity contribution < 1.29 is 13.2 Å². The first kappa shape index (κ1) is 20.2. The van der Waals surface area contributed by atoms with E-state index in [1.807, 2.05) is 6.07 Å². The number of hydrogen-bond donors (Lipinski definition) is 3. The van der Waals surface area contributed by atoms with Crippen LogP contribution in [0.4, 0.5) is 5.82 Å². The molecule has 0 amide bonds. The molecule has 4 N–H and O–H groups in total. The highest BCUT2D eigenvalue weighted by molar-refractivity contribution is 7.87. The van der Waals surface area contributed by atoms with Crippen molar-refractivity contribution in [3.8, 4) is 17.3 Å². The van der Waals surface area contributed by atoms with Crippen molar-refractivity contribution in [2.24, 2.45) is 0 Å². The average Bonchev–Trinajstić information content (AvgIpc) is 3.30. The lowest BCUT2D eigenvalue weighted by molar-refractivity contribution is 0.0706. The minimum absolute atomic E-state index is 0.0843. The molecule has 1 saturated heterocycles. The van der Waals surface area contributed by atoms with Gasteiger partial charge in [-0.05, 0) is 6.07 Å². The van der Waals surface area contributed by atoms with Crippen molar-refractivity contribution in [1.29, 1.82) is 5.26 Å². The van der Waals surface area contributed by atoms with Crippen molar-refractivity contribution in [2.75, 3.05) is 39.1 Å². The van der Waals surface area contributed by atoms with E-state index in [4.69, 9.17) is 10.5 Å². The first-order valence-corrected chi connectivity index (χ1v) is 10.6. The van der Waals surface area contributed by atoms with Gasteiger partial charge in [0.15, 0.2) is 5.82 Å². The fourth-order valence-corrected chi connectivity index (χ4v) is 4.87. The summed E-state index contributed by atoms with van der Waals surface area (Å²) in [5.41, 5.74) is 7.24. The Labute approximate surface area is 172 Å². The first-order valence-electron chi connectivity index (χ1n) is 9.15. The number of nitrogens with two attached hydrogens (primary N) is 1. The standard InChI is InChI=1S/C17H21N9O3S/c1-29-7-6-23-30(27,28)25-9-17(10-25,3-4-18)26-8-13(15(19)24-26)14-12-2-5-20-16(12)22-11-21-14/h2,5,8,11,23H,3,6-7,9-10H2,1H3,(H2,19,24)(H,20,21,22). The predicted octanol–water partition coefficient (Wildman–Crippen LogP) is -0.191. The lowest BCUT2D eigenvalue weighted by Crippen LogP contribution is -2.66. The average molecular weight is 431 g/mol. The van der Waals surface area contributed by atoms with Crippen LogP contribution in [0.1, 0.15) is 6.42 Å². The number of methoxy groups -OCH3 is 1. The van der Waals surface area contributed by atoms with E-state index in [9.17, 15) is 13.7 Å². The van der Waals surface area contributed by atoms with Gasteiger partial charge in [0.05, 0.1) is 30.4 Å². The monoisotopic (exact) mass is 431 g/mol. The van der Waals surface area contributed by atoms with Crippen LogP contribution in [-0.4, -0.2) is 70.8 Å². The van der Waals surface area contributed by atoms with Crippen LogP contribution in [0.5, 0.6) is 0 Å². The molecular formula is C17H21N9O3S. The zero-order valence-electron chi connectivity index (χ0n) is 16.2. The maximum absolute atomic E-state index is 12.4. The molecule has 13 heteroatoms. The van der Waals surface area contributed by atoms with Gasteiger partial charge in [0.1, 0.15) is 17.5 Å². The third-order valence-corrected chi connectivity index (χ3v) is 6.62. The third-order valence-electron chi connectivity index (χ3n) is 5.12. The van der Waals surface area contributed by atoms with Gasteiger partial charge < -0.3 is 15.5 Å². The van der Waals surface area contributed by atoms with Crippen molar-refractivity contribution in [1.82, 2.24) is 33.8 Å². The lowest BCUT2D eigenvalue weighted by Gasteiger charge is -2.47. The molecule has 0 bridgehead atoms. The summed E-state index contributed by atoms with van der Waals surface area (Å²) >= 11 is 0. The largest absolute Gasteiger partial charge is 0.383 e. The number of H-pyrrole nitrogens is 1. The van der Waals surface area contributed by atoms with Gasteiger partial charge in [0.25, 0.3) is 10.2 Å². The minimum Gasteiger partial charge on any atom is -0.383 e. The highest BCUT2D eigenvalue weighted by Gasteiger charge is 2.50. The van der Waals surface area contributed by atoms with Gasteiger partial charge in [-0.1, -0.05) is 0 Å². The number of ether oxygens (including phenoxy) is 1. The Bertz CT molecular complexity index is 1200. The number of nitrogen functional groups attached to an aromatic ring is 1. The van der Waals surface area contributed by atoms with Crippen molar-refractivity contribution in [3.63, 3.8) is 0 Å². The second-order valence-electron chi connectivity index (χ2n) is 7.05. The molecule has 0 aliphatic carbocycles. The smallest absolute Gasteiger partial charge is 0.279 e. The van der Waals surface area contributed by atoms with Crippen LogP contribution in [0.2, 0.25) is 0 Å². The third kappa shape index (κ3) is 3.39. The summed E-state index contributed by atoms with van der Waals surface area (Å²) in [6, 6.07) is 3.98. The first-order chi connectivity index (χ1) is 14.4. The Morgan fingerprint density at radius 3 is 2.97 bits per heavy atom. The van der Waals surface area contributed by atoms with Crippen LogP contribution >= 0.6 is 0 Å². The fraction of sp³-hybridized carbons (Fsp3) is 0.412. The Morgan fingerprint density at radius 1 is 1.43 bits per heavy atom. The zero-order chi connectivity index (χ0) is 21.4. The summed E-state index contributed by atoms with van der Waals surface area (Å²) in [6.45, 7) is 0.640. The van der Waals surface area contributed by atoms with Crippen LogP contribution in [0.3, 0.4) is 0 Å². The number of fused-ring (bicyclic) bond motifs is 1. The molecule has 1 aliphatic heterocycles. The summed E-state index contributed by atoms with van der Waals surface area (Å²) < 4.78 is 35.0. The number of anilines is 1. The summed E-state index contributed by atoms with van der Waals surface area (Å²) in [5.74, 6) is 0.244. The van der Waals surface area contributed by atoms with Gasteiger partial charge >= 0.3 is 0 Å². The molecule has 1 fully saturated rings. The van der Waals surface area contributed by atoms with Gasteiger partial charge in [0.2, 0.25) is 0 Å². The summed E-state index contributed by atoms with van der Waals surface area (Å²) in [5, 5.41) is 14.5. The maximum atomic E-state index is 12.4. The van der Waals surface area contributed by atoms with Crippen molar-refractivity contribution >= 4 is 27.1 Å². The molecule has 0 spiro atoms. The predicted molar refractivity (Wildman–Crippen MR) is 108 cm³/mol. The van der Waals surface area contributed by atoms with Crippen LogP contribution in [0.15, 0.2) is 24.8 Å². The van der Waals surface area contributed by atoms with Crippen LogP contribution in [0.25, 0.3) is 22.3 Å². The highest BCUT2D eigenvalue weighted by Crippen LogP contribution is 2.37. The van der Waals surface area contributed by atoms with Crippen LogP contribution in [0, 0.1) is 11.3 Å². The Kier molecular flexibility index (Phi) is 5.16. The second kappa shape index (κ2) is 7.65. The van der Waals surface area contributed by atoms with Gasteiger partial charge in [-0.3, -0.25) is 4.68 Å². The number of nitrogens with zero attached hydrogens (tertiary/aromatic N) is 6. The molecule has 3 aromatic rings. The second-order valence-corrected chi connectivity index (χ2v) is 8.81.